The van der Waals surface area contributed by atoms with Crippen LogP contribution in [0, 0.1) is 0 Å². The van der Waals surface area contributed by atoms with Gasteiger partial charge in [0.15, 0.2) is 0 Å². The zero-order valence-electron chi connectivity index (χ0n) is 10.8. The number of aromatic nitrogens is 4. The Morgan fingerprint density at radius 3 is 1.95 bits per heavy atom. The molecular formula is C8H12N8S3. The molecule has 1 aromatic heterocycles. The first-order chi connectivity index (χ1) is 9.19. The second-order valence-corrected chi connectivity index (χ2v) is 5.52. The van der Waals surface area contributed by atoms with Crippen LogP contribution in [0.1, 0.15) is 0 Å². The van der Waals surface area contributed by atoms with Crippen molar-refractivity contribution in [2.45, 2.75) is 5.16 Å². The zero-order valence-corrected chi connectivity index (χ0v) is 13.3. The summed E-state index contributed by atoms with van der Waals surface area (Å²) in [7, 11) is 1.84. The Labute approximate surface area is 123 Å². The minimum atomic E-state index is 0.311. The Hall–Kier alpha value is -1.07. The van der Waals surface area contributed by atoms with Crippen LogP contribution in [0.3, 0.4) is 0 Å². The first kappa shape index (κ1) is 14.3. The van der Waals surface area contributed by atoms with Crippen LogP contribution >= 0.6 is 35.3 Å². The van der Waals surface area contributed by atoms with Gasteiger partial charge in [0.25, 0.3) is 5.95 Å². The standard InChI is InChI=1S/C8H12N8S3/c1-15-7(18-3)14-16(8(13-15)19-4)5-9-11-6(17-2)12-10-5/h1-4H3. The molecule has 1 aliphatic heterocycles. The van der Waals surface area contributed by atoms with Gasteiger partial charge in [0.05, 0.1) is 0 Å². The Balaban J connectivity index is 2.34. The van der Waals surface area contributed by atoms with Crippen molar-refractivity contribution in [3.8, 4) is 0 Å². The van der Waals surface area contributed by atoms with Crippen LogP contribution in [-0.2, 0) is 0 Å². The Kier molecular flexibility index (Phi) is 4.82. The molecule has 0 spiro atoms. The molecule has 8 nitrogen and oxygen atoms in total. The summed E-state index contributed by atoms with van der Waals surface area (Å²) in [5.74, 6) is 0.311. The average Bonchev–Trinajstić information content (AvgIpc) is 2.47. The zero-order chi connectivity index (χ0) is 13.8. The molecule has 102 valence electrons. The highest BCUT2D eigenvalue weighted by Gasteiger charge is 2.24. The predicted octanol–water partition coefficient (Wildman–Crippen LogP) is 1.01. The van der Waals surface area contributed by atoms with Crippen molar-refractivity contribution in [1.29, 1.82) is 0 Å². The lowest BCUT2D eigenvalue weighted by atomic mass is 10.9. The van der Waals surface area contributed by atoms with E-state index < -0.39 is 0 Å². The van der Waals surface area contributed by atoms with Gasteiger partial charge < -0.3 is 0 Å². The fourth-order valence-corrected chi connectivity index (χ4v) is 2.43. The Morgan fingerprint density at radius 1 is 0.789 bits per heavy atom. The van der Waals surface area contributed by atoms with Crippen LogP contribution < -0.4 is 5.01 Å². The molecule has 0 bridgehead atoms. The number of rotatable bonds is 2. The summed E-state index contributed by atoms with van der Waals surface area (Å²) in [5.41, 5.74) is 0. The van der Waals surface area contributed by atoms with E-state index in [-0.39, 0.29) is 0 Å². The van der Waals surface area contributed by atoms with E-state index in [0.717, 1.165) is 5.17 Å². The first-order valence-electron chi connectivity index (χ1n) is 5.10. The summed E-state index contributed by atoms with van der Waals surface area (Å²) in [5, 5.41) is 30.0. The quantitative estimate of drug-likeness (QED) is 0.742. The van der Waals surface area contributed by atoms with Gasteiger partial charge in [0.1, 0.15) is 0 Å². The maximum atomic E-state index is 4.43. The predicted molar refractivity (Wildman–Crippen MR) is 81.5 cm³/mol. The molecule has 0 saturated heterocycles. The van der Waals surface area contributed by atoms with Crippen molar-refractivity contribution in [2.24, 2.45) is 10.2 Å². The number of thioether (sulfide) groups is 3. The molecule has 0 atom stereocenters. The van der Waals surface area contributed by atoms with Crippen LogP contribution in [-0.4, -0.2) is 61.6 Å². The molecule has 11 heteroatoms. The van der Waals surface area contributed by atoms with Crippen molar-refractivity contribution in [3.63, 3.8) is 0 Å². The minimum absolute atomic E-state index is 0.311. The average molecular weight is 316 g/mol. The lowest BCUT2D eigenvalue weighted by molar-refractivity contribution is 0.542. The monoisotopic (exact) mass is 316 g/mol. The first-order valence-corrected chi connectivity index (χ1v) is 8.77. The van der Waals surface area contributed by atoms with Crippen LogP contribution in [0.5, 0.6) is 0 Å². The van der Waals surface area contributed by atoms with Gasteiger partial charge in [0.2, 0.25) is 15.5 Å². The SMILES string of the molecule is CSC1=NN(c2nnc(SC)nn2)C(SC)=NN1C. The number of hydrogen-bond acceptors (Lipinski definition) is 11. The van der Waals surface area contributed by atoms with Crippen molar-refractivity contribution in [1.82, 2.24) is 25.4 Å². The van der Waals surface area contributed by atoms with Gasteiger partial charge in [-0.2, -0.15) is 5.01 Å². The van der Waals surface area contributed by atoms with Crippen molar-refractivity contribution in [2.75, 3.05) is 30.8 Å². The lowest BCUT2D eigenvalue weighted by Gasteiger charge is -2.26. The summed E-state index contributed by atoms with van der Waals surface area (Å²) in [4.78, 5) is 0. The van der Waals surface area contributed by atoms with Crippen LogP contribution in [0.15, 0.2) is 15.4 Å². The molecular weight excluding hydrogens is 304 g/mol. The molecule has 19 heavy (non-hydrogen) atoms. The van der Waals surface area contributed by atoms with Gasteiger partial charge in [-0.05, 0) is 18.8 Å². The van der Waals surface area contributed by atoms with Crippen molar-refractivity contribution >= 4 is 51.6 Å². The minimum Gasteiger partial charge on any atom is -0.241 e. The number of nitrogens with zero attached hydrogens (tertiary/aromatic N) is 8. The smallest absolute Gasteiger partial charge is 0.241 e. The van der Waals surface area contributed by atoms with Gasteiger partial charge >= 0.3 is 0 Å². The van der Waals surface area contributed by atoms with E-state index in [2.05, 4.69) is 30.6 Å². The van der Waals surface area contributed by atoms with E-state index in [0.29, 0.717) is 16.3 Å². The normalized spacial score (nSPS) is 15.4. The van der Waals surface area contributed by atoms with Crippen LogP contribution in [0.2, 0.25) is 0 Å². The third kappa shape index (κ3) is 3.09. The Morgan fingerprint density at radius 2 is 1.42 bits per heavy atom. The highest BCUT2D eigenvalue weighted by atomic mass is 32.2. The van der Waals surface area contributed by atoms with Gasteiger partial charge in [-0.25, -0.2) is 5.01 Å². The highest BCUT2D eigenvalue weighted by molar-refractivity contribution is 8.14. The number of hydrazone groups is 2. The maximum absolute atomic E-state index is 4.43. The van der Waals surface area contributed by atoms with Crippen molar-refractivity contribution < 1.29 is 0 Å². The molecule has 2 heterocycles. The lowest BCUT2D eigenvalue weighted by Crippen LogP contribution is -2.36. The van der Waals surface area contributed by atoms with Crippen LogP contribution in [0.25, 0.3) is 0 Å². The maximum Gasteiger partial charge on any atom is 0.291 e. The summed E-state index contributed by atoms with van der Waals surface area (Å²) in [6, 6.07) is 0. The summed E-state index contributed by atoms with van der Waals surface area (Å²) in [6.07, 6.45) is 5.71. The van der Waals surface area contributed by atoms with E-state index in [1.807, 2.05) is 25.8 Å². The molecule has 0 unspecified atom stereocenters. The molecule has 0 N–H and O–H groups in total. The fourth-order valence-electron chi connectivity index (χ4n) is 1.22. The van der Waals surface area contributed by atoms with Gasteiger partial charge in [0, 0.05) is 7.05 Å². The molecule has 0 radical (unpaired) electrons. The van der Waals surface area contributed by atoms with Crippen LogP contribution in [0.4, 0.5) is 5.95 Å². The number of hydrogen-bond donors (Lipinski definition) is 0. The summed E-state index contributed by atoms with van der Waals surface area (Å²) in [6.45, 7) is 0. The van der Waals surface area contributed by atoms with Gasteiger partial charge in [-0.15, -0.1) is 30.6 Å². The largest absolute Gasteiger partial charge is 0.291 e. The molecule has 0 aliphatic carbocycles. The van der Waals surface area contributed by atoms with Gasteiger partial charge in [-0.1, -0.05) is 35.3 Å². The van der Waals surface area contributed by atoms with E-state index in [1.165, 1.54) is 35.3 Å². The molecule has 0 fully saturated rings. The van der Waals surface area contributed by atoms with E-state index >= 15 is 0 Å². The molecule has 0 aromatic carbocycles. The van der Waals surface area contributed by atoms with Crippen molar-refractivity contribution in [3.05, 3.63) is 0 Å². The molecule has 2 rings (SSSR count). The number of anilines is 1. The van der Waals surface area contributed by atoms with E-state index in [1.54, 1.807) is 10.0 Å². The van der Waals surface area contributed by atoms with Gasteiger partial charge in [-0.3, -0.25) is 0 Å². The highest BCUT2D eigenvalue weighted by Crippen LogP contribution is 2.21. The fraction of sp³-hybridized carbons (Fsp3) is 0.500. The molecule has 1 aromatic rings. The third-order valence-corrected chi connectivity index (χ3v) is 3.93. The topological polar surface area (TPSA) is 82.8 Å². The second-order valence-electron chi connectivity index (χ2n) is 3.20. The molecule has 0 saturated carbocycles. The third-order valence-electron chi connectivity index (χ3n) is 2.07. The summed E-state index contributed by atoms with van der Waals surface area (Å²) < 4.78 is 0. The molecule has 1 aliphatic rings. The van der Waals surface area contributed by atoms with E-state index in [4.69, 9.17) is 0 Å². The molecule has 0 amide bonds. The second kappa shape index (κ2) is 6.39. The number of amidine groups is 2. The van der Waals surface area contributed by atoms with E-state index in [9.17, 15) is 0 Å². The summed E-state index contributed by atoms with van der Waals surface area (Å²) >= 11 is 4.33. The Bertz CT molecular complexity index is 501.